The number of pyridine rings is 1. The molecule has 8 heteroatoms. The van der Waals surface area contributed by atoms with Gasteiger partial charge >= 0.3 is 6.18 Å². The molecule has 2 heterocycles. The number of aromatic nitrogens is 1. The lowest BCUT2D eigenvalue weighted by molar-refractivity contribution is -0.138. The minimum absolute atomic E-state index is 0.193. The summed E-state index contributed by atoms with van der Waals surface area (Å²) in [6.07, 6.45) is -0.940. The smallest absolute Gasteiger partial charge is 0.350 e. The largest absolute Gasteiger partial charge is 0.416 e. The van der Waals surface area contributed by atoms with Crippen LogP contribution in [0.2, 0.25) is 5.02 Å². The van der Waals surface area contributed by atoms with Crippen LogP contribution in [0.15, 0.2) is 72.9 Å². The van der Waals surface area contributed by atoms with Crippen LogP contribution >= 0.6 is 11.6 Å². The SMILES string of the molecule is O=C(NCC1(c2ccccc2)CCN(CCc2ccccc2C(F)(F)F)CC1)c1ncccc1Cl. The highest BCUT2D eigenvalue weighted by molar-refractivity contribution is 6.33. The van der Waals surface area contributed by atoms with Crippen molar-refractivity contribution in [2.45, 2.75) is 30.9 Å². The predicted octanol–water partition coefficient (Wildman–Crippen LogP) is 5.76. The van der Waals surface area contributed by atoms with Crippen LogP contribution in [-0.2, 0) is 18.0 Å². The molecule has 0 atom stereocenters. The van der Waals surface area contributed by atoms with Crippen LogP contribution in [0, 0.1) is 0 Å². The summed E-state index contributed by atoms with van der Waals surface area (Å²) in [5.41, 5.74) is 0.803. The Morgan fingerprint density at radius 1 is 1.00 bits per heavy atom. The van der Waals surface area contributed by atoms with E-state index >= 15 is 0 Å². The van der Waals surface area contributed by atoms with Crippen molar-refractivity contribution in [2.75, 3.05) is 26.2 Å². The Morgan fingerprint density at radius 2 is 1.69 bits per heavy atom. The van der Waals surface area contributed by atoms with Crippen molar-refractivity contribution in [1.29, 1.82) is 0 Å². The number of alkyl halides is 3. The van der Waals surface area contributed by atoms with E-state index in [2.05, 4.69) is 27.3 Å². The second-order valence-electron chi connectivity index (χ2n) is 8.91. The van der Waals surface area contributed by atoms with E-state index in [1.165, 1.54) is 12.3 Å². The van der Waals surface area contributed by atoms with Crippen molar-refractivity contribution in [3.63, 3.8) is 0 Å². The summed E-state index contributed by atoms with van der Waals surface area (Å²) in [6.45, 7) is 2.42. The number of carbonyl (C=O) groups is 1. The average Bonchev–Trinajstić information content (AvgIpc) is 2.87. The number of carbonyl (C=O) groups excluding carboxylic acids is 1. The zero-order chi connectivity index (χ0) is 24.9. The zero-order valence-corrected chi connectivity index (χ0v) is 19.9. The van der Waals surface area contributed by atoms with Gasteiger partial charge in [0, 0.05) is 24.7 Å². The molecule has 2 aromatic carbocycles. The van der Waals surface area contributed by atoms with Crippen LogP contribution in [0.1, 0.15) is 40.0 Å². The van der Waals surface area contributed by atoms with Crippen LogP contribution < -0.4 is 5.32 Å². The molecule has 1 fully saturated rings. The fraction of sp³-hybridized carbons (Fsp3) is 0.333. The van der Waals surface area contributed by atoms with Crippen molar-refractivity contribution >= 4 is 17.5 Å². The first kappa shape index (κ1) is 25.2. The Bertz CT molecular complexity index is 1150. The van der Waals surface area contributed by atoms with Crippen LogP contribution in [0.25, 0.3) is 0 Å². The summed E-state index contributed by atoms with van der Waals surface area (Å²) in [7, 11) is 0. The molecule has 4 nitrogen and oxygen atoms in total. The minimum Gasteiger partial charge on any atom is -0.350 e. The van der Waals surface area contributed by atoms with Crippen LogP contribution in [0.5, 0.6) is 0 Å². The molecule has 1 saturated heterocycles. The molecule has 1 aromatic heterocycles. The normalized spacial score (nSPS) is 16.1. The molecule has 1 amide bonds. The second kappa shape index (κ2) is 10.8. The summed E-state index contributed by atoms with van der Waals surface area (Å²) in [5, 5.41) is 3.31. The Kier molecular flexibility index (Phi) is 7.77. The molecule has 0 saturated carbocycles. The molecule has 0 aliphatic carbocycles. The quantitative estimate of drug-likeness (QED) is 0.447. The van der Waals surface area contributed by atoms with Crippen molar-refractivity contribution in [1.82, 2.24) is 15.2 Å². The number of halogens is 4. The van der Waals surface area contributed by atoms with E-state index in [0.29, 0.717) is 30.1 Å². The maximum Gasteiger partial charge on any atom is 0.416 e. The average molecular weight is 502 g/mol. The number of likely N-dealkylation sites (tertiary alicyclic amines) is 1. The topological polar surface area (TPSA) is 45.2 Å². The predicted molar refractivity (Wildman–Crippen MR) is 131 cm³/mol. The number of nitrogens with zero attached hydrogens (tertiary/aromatic N) is 2. The van der Waals surface area contributed by atoms with E-state index in [9.17, 15) is 18.0 Å². The van der Waals surface area contributed by atoms with Gasteiger partial charge in [0.2, 0.25) is 0 Å². The van der Waals surface area contributed by atoms with Gasteiger partial charge in [-0.1, -0.05) is 60.1 Å². The molecule has 1 N–H and O–H groups in total. The molecule has 1 aliphatic rings. The molecule has 3 aromatic rings. The molecule has 0 bridgehead atoms. The van der Waals surface area contributed by atoms with Gasteiger partial charge in [0.05, 0.1) is 10.6 Å². The second-order valence-corrected chi connectivity index (χ2v) is 9.32. The van der Waals surface area contributed by atoms with Crippen LogP contribution in [0.4, 0.5) is 13.2 Å². The molecule has 35 heavy (non-hydrogen) atoms. The first-order valence-corrected chi connectivity index (χ1v) is 12.0. The van der Waals surface area contributed by atoms with Crippen molar-refractivity contribution in [3.05, 3.63) is 100 Å². The van der Waals surface area contributed by atoms with E-state index in [4.69, 9.17) is 11.6 Å². The third kappa shape index (κ3) is 6.03. The Morgan fingerprint density at radius 3 is 2.37 bits per heavy atom. The van der Waals surface area contributed by atoms with Gasteiger partial charge in [-0.2, -0.15) is 13.2 Å². The summed E-state index contributed by atoms with van der Waals surface area (Å²) < 4.78 is 40.0. The lowest BCUT2D eigenvalue weighted by Gasteiger charge is -2.42. The Balaban J connectivity index is 1.43. The fourth-order valence-corrected chi connectivity index (χ4v) is 4.95. The summed E-state index contributed by atoms with van der Waals surface area (Å²) in [4.78, 5) is 19.1. The van der Waals surface area contributed by atoms with Gasteiger partial charge < -0.3 is 10.2 Å². The van der Waals surface area contributed by atoms with Gasteiger partial charge in [0.15, 0.2) is 0 Å². The highest BCUT2D eigenvalue weighted by Gasteiger charge is 2.37. The van der Waals surface area contributed by atoms with Crippen molar-refractivity contribution in [2.24, 2.45) is 0 Å². The lowest BCUT2D eigenvalue weighted by Crippen LogP contribution is -2.49. The zero-order valence-electron chi connectivity index (χ0n) is 19.2. The monoisotopic (exact) mass is 501 g/mol. The number of piperidine rings is 1. The number of hydrogen-bond acceptors (Lipinski definition) is 3. The third-order valence-corrected chi connectivity index (χ3v) is 7.09. The van der Waals surface area contributed by atoms with Crippen LogP contribution in [0.3, 0.4) is 0 Å². The summed E-state index contributed by atoms with van der Waals surface area (Å²) in [6, 6.07) is 19.1. The first-order valence-electron chi connectivity index (χ1n) is 11.6. The molecular weight excluding hydrogens is 475 g/mol. The van der Waals surface area contributed by atoms with Gasteiger partial charge in [-0.3, -0.25) is 4.79 Å². The van der Waals surface area contributed by atoms with Gasteiger partial charge in [0.1, 0.15) is 5.69 Å². The molecule has 1 aliphatic heterocycles. The fourth-order valence-electron chi connectivity index (χ4n) is 4.74. The maximum absolute atomic E-state index is 13.3. The van der Waals surface area contributed by atoms with E-state index in [-0.39, 0.29) is 17.0 Å². The van der Waals surface area contributed by atoms with Crippen molar-refractivity contribution in [3.8, 4) is 0 Å². The number of nitrogens with one attached hydrogen (secondary N) is 1. The van der Waals surface area contributed by atoms with Crippen LogP contribution in [-0.4, -0.2) is 42.0 Å². The number of benzene rings is 2. The van der Waals surface area contributed by atoms with E-state index in [1.54, 1.807) is 24.3 Å². The third-order valence-electron chi connectivity index (χ3n) is 6.78. The molecule has 0 spiro atoms. The van der Waals surface area contributed by atoms with E-state index in [1.807, 2.05) is 18.2 Å². The molecule has 0 unspecified atom stereocenters. The first-order chi connectivity index (χ1) is 16.8. The molecule has 4 rings (SSSR count). The van der Waals surface area contributed by atoms with Gasteiger partial charge in [-0.25, -0.2) is 4.98 Å². The van der Waals surface area contributed by atoms with Gasteiger partial charge in [-0.15, -0.1) is 0 Å². The number of rotatable bonds is 7. The molecule has 0 radical (unpaired) electrons. The number of hydrogen-bond donors (Lipinski definition) is 1. The Hall–Kier alpha value is -2.90. The standard InChI is InChI=1S/C27H27ClF3N3O/c28-23-11-6-15-32-24(23)25(35)33-19-26(21-8-2-1-3-9-21)13-17-34(18-14-26)16-12-20-7-4-5-10-22(20)27(29,30)31/h1-11,15H,12-14,16-19H2,(H,33,35). The summed E-state index contributed by atoms with van der Waals surface area (Å²) in [5.74, 6) is -0.322. The molecular formula is C27H27ClF3N3O. The van der Waals surface area contributed by atoms with Gasteiger partial charge in [-0.05, 0) is 61.7 Å². The number of amides is 1. The highest BCUT2D eigenvalue weighted by Crippen LogP contribution is 2.36. The Labute approximate surface area is 208 Å². The van der Waals surface area contributed by atoms with Crippen molar-refractivity contribution < 1.29 is 18.0 Å². The summed E-state index contributed by atoms with van der Waals surface area (Å²) >= 11 is 6.14. The van der Waals surface area contributed by atoms with Gasteiger partial charge in [0.25, 0.3) is 5.91 Å². The van der Waals surface area contributed by atoms with E-state index < -0.39 is 11.7 Å². The maximum atomic E-state index is 13.3. The molecule has 184 valence electrons. The highest BCUT2D eigenvalue weighted by atomic mass is 35.5. The minimum atomic E-state index is -4.35. The van der Waals surface area contributed by atoms with E-state index in [0.717, 1.165) is 37.6 Å². The lowest BCUT2D eigenvalue weighted by atomic mass is 9.72.